The van der Waals surface area contributed by atoms with Gasteiger partial charge >= 0.3 is 5.97 Å². The number of hydrogen-bond acceptors (Lipinski definition) is 6. The SMILES string of the molecule is NC(Cc1ccccc1)C(=O)N1CCCC1C(=O)NC(CO)C(=O)N1CCCC1C(=O)O. The van der Waals surface area contributed by atoms with Gasteiger partial charge in [0.1, 0.15) is 18.1 Å². The maximum Gasteiger partial charge on any atom is 0.326 e. The van der Waals surface area contributed by atoms with Crippen LogP contribution in [0.4, 0.5) is 0 Å². The smallest absolute Gasteiger partial charge is 0.326 e. The maximum absolute atomic E-state index is 12.9. The van der Waals surface area contributed by atoms with Crippen LogP contribution in [0.25, 0.3) is 0 Å². The van der Waals surface area contributed by atoms with Crippen LogP contribution in [0.1, 0.15) is 31.2 Å². The molecule has 0 aliphatic carbocycles. The summed E-state index contributed by atoms with van der Waals surface area (Å²) >= 11 is 0. The number of nitrogens with zero attached hydrogens (tertiary/aromatic N) is 2. The molecule has 0 radical (unpaired) electrons. The first-order valence-corrected chi connectivity index (χ1v) is 10.9. The Kier molecular flexibility index (Phi) is 7.81. The lowest BCUT2D eigenvalue weighted by molar-refractivity contribution is -0.150. The number of hydrogen-bond donors (Lipinski definition) is 4. The standard InChI is InChI=1S/C22H30N4O6/c23-15(12-14-6-2-1-3-7-14)20(29)25-10-4-8-17(25)19(28)24-16(13-27)21(30)26-11-5-9-18(26)22(31)32/h1-3,6-7,15-18,27H,4-5,8-13,23H2,(H,24,28)(H,31,32). The van der Waals surface area contributed by atoms with E-state index in [1.807, 2.05) is 30.3 Å². The highest BCUT2D eigenvalue weighted by Gasteiger charge is 2.40. The molecule has 174 valence electrons. The van der Waals surface area contributed by atoms with Gasteiger partial charge in [-0.25, -0.2) is 4.79 Å². The third-order valence-electron chi connectivity index (χ3n) is 6.07. The number of nitrogens with two attached hydrogens (primary N) is 1. The lowest BCUT2D eigenvalue weighted by atomic mass is 10.0. The Morgan fingerprint density at radius 2 is 1.59 bits per heavy atom. The van der Waals surface area contributed by atoms with E-state index < -0.39 is 48.6 Å². The molecule has 0 bridgehead atoms. The van der Waals surface area contributed by atoms with E-state index in [2.05, 4.69) is 5.32 Å². The van der Waals surface area contributed by atoms with E-state index in [0.717, 1.165) is 5.56 Å². The van der Waals surface area contributed by atoms with Crippen molar-refractivity contribution in [2.45, 2.75) is 56.3 Å². The highest BCUT2D eigenvalue weighted by Crippen LogP contribution is 2.21. The topological polar surface area (TPSA) is 153 Å². The number of carbonyl (C=O) groups is 4. The Morgan fingerprint density at radius 3 is 2.19 bits per heavy atom. The molecule has 3 rings (SSSR count). The molecule has 2 heterocycles. The maximum atomic E-state index is 12.9. The average molecular weight is 447 g/mol. The summed E-state index contributed by atoms with van der Waals surface area (Å²) in [5, 5.41) is 21.5. The number of amides is 3. The molecule has 4 unspecified atom stereocenters. The van der Waals surface area contributed by atoms with Crippen molar-refractivity contribution in [2.75, 3.05) is 19.7 Å². The summed E-state index contributed by atoms with van der Waals surface area (Å²) in [6, 6.07) is 5.52. The minimum atomic E-state index is -1.27. The van der Waals surface area contributed by atoms with Crippen molar-refractivity contribution in [1.29, 1.82) is 0 Å². The summed E-state index contributed by atoms with van der Waals surface area (Å²) in [6.07, 6.45) is 2.25. The second kappa shape index (κ2) is 10.6. The van der Waals surface area contributed by atoms with Gasteiger partial charge in [-0.05, 0) is 37.7 Å². The van der Waals surface area contributed by atoms with Gasteiger partial charge in [0.05, 0.1) is 12.6 Å². The number of aliphatic hydroxyl groups is 1. The van der Waals surface area contributed by atoms with Crippen LogP contribution in [0.5, 0.6) is 0 Å². The molecule has 4 atom stereocenters. The van der Waals surface area contributed by atoms with Crippen LogP contribution in [-0.4, -0.2) is 87.6 Å². The van der Waals surface area contributed by atoms with Crippen molar-refractivity contribution < 1.29 is 29.4 Å². The van der Waals surface area contributed by atoms with Gasteiger partial charge in [0.25, 0.3) is 0 Å². The van der Waals surface area contributed by atoms with Crippen LogP contribution in [-0.2, 0) is 25.6 Å². The second-order valence-corrected chi connectivity index (χ2v) is 8.26. The number of nitrogens with one attached hydrogen (secondary N) is 1. The number of carbonyl (C=O) groups excluding carboxylic acids is 3. The Hall–Kier alpha value is -2.98. The summed E-state index contributed by atoms with van der Waals surface area (Å²) in [5.74, 6) is -2.65. The number of benzene rings is 1. The van der Waals surface area contributed by atoms with Gasteiger partial charge in [0.2, 0.25) is 17.7 Å². The first kappa shape index (κ1) is 23.7. The van der Waals surface area contributed by atoms with Crippen LogP contribution in [0.15, 0.2) is 30.3 Å². The quantitative estimate of drug-likeness (QED) is 0.404. The molecule has 1 aromatic rings. The molecular formula is C22H30N4O6. The van der Waals surface area contributed by atoms with Crippen molar-refractivity contribution in [3.8, 4) is 0 Å². The average Bonchev–Trinajstić information content (AvgIpc) is 3.47. The van der Waals surface area contributed by atoms with Gasteiger partial charge in [-0.15, -0.1) is 0 Å². The number of carboxylic acid groups (broad SMARTS) is 1. The largest absolute Gasteiger partial charge is 0.480 e. The second-order valence-electron chi connectivity index (χ2n) is 8.26. The zero-order chi connectivity index (χ0) is 23.3. The Balaban J connectivity index is 1.63. The van der Waals surface area contributed by atoms with E-state index in [1.54, 1.807) is 0 Å². The van der Waals surface area contributed by atoms with Crippen molar-refractivity contribution in [3.05, 3.63) is 35.9 Å². The van der Waals surface area contributed by atoms with Gasteiger partial charge in [-0.2, -0.15) is 0 Å². The lowest BCUT2D eigenvalue weighted by Gasteiger charge is -2.30. The predicted octanol–water partition coefficient (Wildman–Crippen LogP) is -0.900. The molecule has 3 amide bonds. The third kappa shape index (κ3) is 5.25. The number of aliphatic carboxylic acids is 1. The van der Waals surface area contributed by atoms with E-state index in [0.29, 0.717) is 38.6 Å². The van der Waals surface area contributed by atoms with Gasteiger partial charge < -0.3 is 31.1 Å². The molecule has 0 saturated carbocycles. The van der Waals surface area contributed by atoms with Crippen molar-refractivity contribution in [2.24, 2.45) is 5.73 Å². The van der Waals surface area contributed by atoms with Crippen LogP contribution in [0, 0.1) is 0 Å². The van der Waals surface area contributed by atoms with Gasteiger partial charge in [0.15, 0.2) is 0 Å². The van der Waals surface area contributed by atoms with Crippen molar-refractivity contribution >= 4 is 23.7 Å². The number of rotatable bonds is 8. The number of likely N-dealkylation sites (tertiary alicyclic amines) is 2. The Labute approximate surface area is 186 Å². The first-order valence-electron chi connectivity index (χ1n) is 10.9. The molecule has 2 aliphatic heterocycles. The van der Waals surface area contributed by atoms with Gasteiger partial charge in [0, 0.05) is 13.1 Å². The summed E-state index contributed by atoms with van der Waals surface area (Å²) in [6.45, 7) is -0.0312. The minimum Gasteiger partial charge on any atom is -0.480 e. The van der Waals surface area contributed by atoms with Crippen molar-refractivity contribution in [3.63, 3.8) is 0 Å². The summed E-state index contributed by atoms with van der Waals surface area (Å²) < 4.78 is 0. The first-order chi connectivity index (χ1) is 15.3. The molecule has 5 N–H and O–H groups in total. The lowest BCUT2D eigenvalue weighted by Crippen LogP contribution is -2.57. The molecule has 0 spiro atoms. The zero-order valence-corrected chi connectivity index (χ0v) is 17.9. The number of aliphatic hydroxyl groups excluding tert-OH is 1. The normalized spacial score (nSPS) is 22.4. The van der Waals surface area contributed by atoms with Gasteiger partial charge in [-0.3, -0.25) is 14.4 Å². The fraction of sp³-hybridized carbons (Fsp3) is 0.545. The molecule has 32 heavy (non-hydrogen) atoms. The zero-order valence-electron chi connectivity index (χ0n) is 17.9. The molecule has 0 aromatic heterocycles. The van der Waals surface area contributed by atoms with Crippen LogP contribution >= 0.6 is 0 Å². The molecule has 1 aromatic carbocycles. The van der Waals surface area contributed by atoms with E-state index in [9.17, 15) is 29.4 Å². The van der Waals surface area contributed by atoms with E-state index in [1.165, 1.54) is 9.80 Å². The Morgan fingerprint density at radius 1 is 1.00 bits per heavy atom. The summed E-state index contributed by atoms with van der Waals surface area (Å²) in [5.41, 5.74) is 7.03. The number of carboxylic acids is 1. The Bertz CT molecular complexity index is 848. The molecular weight excluding hydrogens is 416 g/mol. The highest BCUT2D eigenvalue weighted by atomic mass is 16.4. The molecule has 2 saturated heterocycles. The predicted molar refractivity (Wildman–Crippen MR) is 114 cm³/mol. The van der Waals surface area contributed by atoms with Crippen molar-refractivity contribution in [1.82, 2.24) is 15.1 Å². The van der Waals surface area contributed by atoms with Crippen LogP contribution in [0.2, 0.25) is 0 Å². The molecule has 10 heteroatoms. The highest BCUT2D eigenvalue weighted by molar-refractivity contribution is 5.94. The summed E-state index contributed by atoms with van der Waals surface area (Å²) in [4.78, 5) is 52.5. The van der Waals surface area contributed by atoms with Crippen LogP contribution < -0.4 is 11.1 Å². The fourth-order valence-electron chi connectivity index (χ4n) is 4.41. The minimum absolute atomic E-state index is 0.255. The molecule has 2 aliphatic rings. The fourth-order valence-corrected chi connectivity index (χ4v) is 4.41. The monoisotopic (exact) mass is 446 g/mol. The molecule has 10 nitrogen and oxygen atoms in total. The van der Waals surface area contributed by atoms with E-state index in [4.69, 9.17) is 5.73 Å². The van der Waals surface area contributed by atoms with E-state index >= 15 is 0 Å². The molecule has 2 fully saturated rings. The summed E-state index contributed by atoms with van der Waals surface area (Å²) in [7, 11) is 0. The van der Waals surface area contributed by atoms with Crippen LogP contribution in [0.3, 0.4) is 0 Å². The van der Waals surface area contributed by atoms with E-state index in [-0.39, 0.29) is 12.5 Å². The third-order valence-corrected chi connectivity index (χ3v) is 6.07. The van der Waals surface area contributed by atoms with Gasteiger partial charge in [-0.1, -0.05) is 30.3 Å².